The molecule has 0 bridgehead atoms. The van der Waals surface area contributed by atoms with Crippen LogP contribution in [0.25, 0.3) is 0 Å². The summed E-state index contributed by atoms with van der Waals surface area (Å²) in [4.78, 5) is 0. The maximum atomic E-state index is 5.40. The standard InChI is InChI=1S/C8H15N3OS/c1-12-6-4-8-11-10-7(13-8)3-2-5-9/h2-6,9H2,1H3. The molecule has 1 rings (SSSR count). The van der Waals surface area contributed by atoms with Crippen molar-refractivity contribution in [2.75, 3.05) is 20.3 Å². The Kier molecular flexibility index (Phi) is 4.88. The van der Waals surface area contributed by atoms with E-state index in [-0.39, 0.29) is 0 Å². The van der Waals surface area contributed by atoms with Gasteiger partial charge in [-0.15, -0.1) is 21.5 Å². The molecule has 0 fully saturated rings. The molecule has 1 aromatic heterocycles. The van der Waals surface area contributed by atoms with Gasteiger partial charge in [0, 0.05) is 20.0 Å². The number of ether oxygens (including phenoxy) is 1. The Morgan fingerprint density at radius 2 is 2.00 bits per heavy atom. The van der Waals surface area contributed by atoms with E-state index >= 15 is 0 Å². The highest BCUT2D eigenvalue weighted by molar-refractivity contribution is 7.11. The summed E-state index contributed by atoms with van der Waals surface area (Å²) in [6.07, 6.45) is 2.79. The Bertz CT molecular complexity index is 217. The van der Waals surface area contributed by atoms with Gasteiger partial charge in [0.2, 0.25) is 0 Å². The summed E-state index contributed by atoms with van der Waals surface area (Å²) >= 11 is 1.65. The SMILES string of the molecule is COCCc1nnc(CCCN)s1. The van der Waals surface area contributed by atoms with Gasteiger partial charge in [-0.05, 0) is 13.0 Å². The Labute approximate surface area is 82.1 Å². The van der Waals surface area contributed by atoms with Gasteiger partial charge in [-0.1, -0.05) is 0 Å². The summed E-state index contributed by atoms with van der Waals surface area (Å²) in [7, 11) is 1.69. The van der Waals surface area contributed by atoms with Crippen LogP contribution in [0.1, 0.15) is 16.4 Å². The minimum absolute atomic E-state index is 0.714. The van der Waals surface area contributed by atoms with Crippen LogP contribution in [0.3, 0.4) is 0 Å². The van der Waals surface area contributed by atoms with Crippen molar-refractivity contribution in [2.24, 2.45) is 5.73 Å². The van der Waals surface area contributed by atoms with Crippen molar-refractivity contribution in [1.29, 1.82) is 0 Å². The fraction of sp³-hybridized carbons (Fsp3) is 0.750. The van der Waals surface area contributed by atoms with E-state index in [9.17, 15) is 0 Å². The van der Waals surface area contributed by atoms with Crippen LogP contribution >= 0.6 is 11.3 Å². The largest absolute Gasteiger partial charge is 0.384 e. The summed E-state index contributed by atoms with van der Waals surface area (Å²) in [5.74, 6) is 0. The molecule has 0 aromatic carbocycles. The van der Waals surface area contributed by atoms with Crippen molar-refractivity contribution in [1.82, 2.24) is 10.2 Å². The van der Waals surface area contributed by atoms with Gasteiger partial charge in [0.15, 0.2) is 0 Å². The van der Waals surface area contributed by atoms with Crippen LogP contribution in [0.5, 0.6) is 0 Å². The fourth-order valence-electron chi connectivity index (χ4n) is 0.933. The average molecular weight is 201 g/mol. The van der Waals surface area contributed by atoms with Gasteiger partial charge in [-0.3, -0.25) is 0 Å². The van der Waals surface area contributed by atoms with Gasteiger partial charge in [0.05, 0.1) is 6.61 Å². The Hall–Kier alpha value is -0.520. The molecular weight excluding hydrogens is 186 g/mol. The van der Waals surface area contributed by atoms with Crippen LogP contribution in [0.2, 0.25) is 0 Å². The molecule has 0 saturated heterocycles. The molecule has 0 radical (unpaired) electrons. The number of aromatic nitrogens is 2. The highest BCUT2D eigenvalue weighted by Gasteiger charge is 2.02. The maximum absolute atomic E-state index is 5.40. The van der Waals surface area contributed by atoms with Crippen LogP contribution in [-0.4, -0.2) is 30.5 Å². The molecule has 0 aliphatic rings. The molecule has 0 spiro atoms. The number of nitrogens with zero attached hydrogens (tertiary/aromatic N) is 2. The molecule has 5 heteroatoms. The molecule has 1 heterocycles. The smallest absolute Gasteiger partial charge is 0.119 e. The monoisotopic (exact) mass is 201 g/mol. The first kappa shape index (κ1) is 10.6. The number of methoxy groups -OCH3 is 1. The highest BCUT2D eigenvalue weighted by atomic mass is 32.1. The number of nitrogens with two attached hydrogens (primary N) is 1. The quantitative estimate of drug-likeness (QED) is 0.733. The Morgan fingerprint density at radius 1 is 1.31 bits per heavy atom. The van der Waals surface area contributed by atoms with E-state index in [0.717, 1.165) is 29.3 Å². The number of aryl methyl sites for hydroxylation is 1. The summed E-state index contributed by atoms with van der Waals surface area (Å²) in [5.41, 5.74) is 5.40. The van der Waals surface area contributed by atoms with Crippen molar-refractivity contribution in [3.05, 3.63) is 10.0 Å². The van der Waals surface area contributed by atoms with Gasteiger partial charge < -0.3 is 10.5 Å². The molecule has 74 valence electrons. The van der Waals surface area contributed by atoms with E-state index in [2.05, 4.69) is 10.2 Å². The number of hydrogen-bond acceptors (Lipinski definition) is 5. The molecule has 4 nitrogen and oxygen atoms in total. The zero-order valence-corrected chi connectivity index (χ0v) is 8.64. The van der Waals surface area contributed by atoms with E-state index in [1.54, 1.807) is 18.4 Å². The molecule has 0 amide bonds. The van der Waals surface area contributed by atoms with Crippen molar-refractivity contribution in [3.63, 3.8) is 0 Å². The fourth-order valence-corrected chi connectivity index (χ4v) is 1.80. The van der Waals surface area contributed by atoms with Gasteiger partial charge in [0.1, 0.15) is 10.0 Å². The molecular formula is C8H15N3OS. The first-order valence-electron chi connectivity index (χ1n) is 4.37. The van der Waals surface area contributed by atoms with Crippen LogP contribution in [0.4, 0.5) is 0 Å². The van der Waals surface area contributed by atoms with Crippen molar-refractivity contribution in [3.8, 4) is 0 Å². The van der Waals surface area contributed by atoms with Crippen LogP contribution in [0.15, 0.2) is 0 Å². The zero-order chi connectivity index (χ0) is 9.52. The lowest BCUT2D eigenvalue weighted by molar-refractivity contribution is 0.202. The first-order chi connectivity index (χ1) is 6.36. The van der Waals surface area contributed by atoms with E-state index in [1.807, 2.05) is 0 Å². The highest BCUT2D eigenvalue weighted by Crippen LogP contribution is 2.11. The molecule has 1 aromatic rings. The van der Waals surface area contributed by atoms with E-state index in [0.29, 0.717) is 13.2 Å². The third-order valence-corrected chi connectivity index (χ3v) is 2.67. The lowest BCUT2D eigenvalue weighted by Crippen LogP contribution is -1.99. The van der Waals surface area contributed by atoms with Crippen molar-refractivity contribution >= 4 is 11.3 Å². The lowest BCUT2D eigenvalue weighted by atomic mass is 10.3. The Morgan fingerprint density at radius 3 is 2.62 bits per heavy atom. The van der Waals surface area contributed by atoms with Crippen molar-refractivity contribution < 1.29 is 4.74 Å². The number of hydrogen-bond donors (Lipinski definition) is 1. The maximum Gasteiger partial charge on any atom is 0.119 e. The Balaban J connectivity index is 2.34. The van der Waals surface area contributed by atoms with E-state index in [1.165, 1.54) is 0 Å². The summed E-state index contributed by atoms with van der Waals surface area (Å²) in [5, 5.41) is 10.2. The molecule has 13 heavy (non-hydrogen) atoms. The van der Waals surface area contributed by atoms with Crippen LogP contribution in [-0.2, 0) is 17.6 Å². The summed E-state index contributed by atoms with van der Waals surface area (Å²) in [6.45, 7) is 1.43. The molecule has 0 aliphatic carbocycles. The van der Waals surface area contributed by atoms with Gasteiger partial charge >= 0.3 is 0 Å². The summed E-state index contributed by atoms with van der Waals surface area (Å²) in [6, 6.07) is 0. The van der Waals surface area contributed by atoms with E-state index < -0.39 is 0 Å². The number of rotatable bonds is 6. The van der Waals surface area contributed by atoms with Crippen LogP contribution < -0.4 is 5.73 Å². The second kappa shape index (κ2) is 6.01. The van der Waals surface area contributed by atoms with E-state index in [4.69, 9.17) is 10.5 Å². The normalized spacial score (nSPS) is 10.6. The minimum atomic E-state index is 0.714. The molecule has 0 unspecified atom stereocenters. The lowest BCUT2D eigenvalue weighted by Gasteiger charge is -1.91. The zero-order valence-electron chi connectivity index (χ0n) is 7.82. The molecule has 0 aliphatic heterocycles. The first-order valence-corrected chi connectivity index (χ1v) is 5.18. The molecule has 2 N–H and O–H groups in total. The summed E-state index contributed by atoms with van der Waals surface area (Å²) < 4.78 is 4.96. The van der Waals surface area contributed by atoms with Gasteiger partial charge in [-0.25, -0.2) is 0 Å². The third-order valence-electron chi connectivity index (χ3n) is 1.62. The predicted molar refractivity (Wildman–Crippen MR) is 52.9 cm³/mol. The molecule has 0 saturated carbocycles. The molecule has 0 atom stereocenters. The topological polar surface area (TPSA) is 61.0 Å². The van der Waals surface area contributed by atoms with Crippen molar-refractivity contribution in [2.45, 2.75) is 19.3 Å². The second-order valence-corrected chi connectivity index (χ2v) is 3.87. The third kappa shape index (κ3) is 3.80. The predicted octanol–water partition coefficient (Wildman–Crippen LogP) is 0.618. The van der Waals surface area contributed by atoms with Crippen LogP contribution in [0, 0.1) is 0 Å². The van der Waals surface area contributed by atoms with Gasteiger partial charge in [0.25, 0.3) is 0 Å². The average Bonchev–Trinajstić information content (AvgIpc) is 2.59. The second-order valence-electron chi connectivity index (χ2n) is 2.72. The van der Waals surface area contributed by atoms with Gasteiger partial charge in [-0.2, -0.15) is 0 Å². The minimum Gasteiger partial charge on any atom is -0.384 e.